The van der Waals surface area contributed by atoms with Crippen molar-refractivity contribution in [1.82, 2.24) is 5.32 Å². The molecule has 1 heterocycles. The van der Waals surface area contributed by atoms with Gasteiger partial charge in [-0.15, -0.1) is 0 Å². The van der Waals surface area contributed by atoms with Gasteiger partial charge in [-0.2, -0.15) is 0 Å². The average Bonchev–Trinajstić information content (AvgIpc) is 2.88. The predicted molar refractivity (Wildman–Crippen MR) is 92.1 cm³/mol. The highest BCUT2D eigenvalue weighted by Gasteiger charge is 2.58. The summed E-state index contributed by atoms with van der Waals surface area (Å²) in [5.41, 5.74) is 0.463. The van der Waals surface area contributed by atoms with E-state index >= 15 is 0 Å². The summed E-state index contributed by atoms with van der Waals surface area (Å²) in [6.45, 7) is 6.16. The van der Waals surface area contributed by atoms with Crippen LogP contribution in [0.25, 0.3) is 0 Å². The topological polar surface area (TPSA) is 55.4 Å². The van der Waals surface area contributed by atoms with Crippen molar-refractivity contribution < 1.29 is 14.3 Å². The van der Waals surface area contributed by atoms with E-state index in [0.717, 1.165) is 12.0 Å². The third-order valence-electron chi connectivity index (χ3n) is 5.71. The van der Waals surface area contributed by atoms with Crippen molar-refractivity contribution in [3.8, 4) is 0 Å². The number of rotatable bonds is 4. The van der Waals surface area contributed by atoms with Gasteiger partial charge in [0.1, 0.15) is 0 Å². The third-order valence-corrected chi connectivity index (χ3v) is 5.71. The second kappa shape index (κ2) is 6.42. The molecular weight excluding hydrogens is 302 g/mol. The van der Waals surface area contributed by atoms with Gasteiger partial charge in [-0.3, -0.25) is 9.59 Å². The van der Waals surface area contributed by atoms with Crippen LogP contribution in [-0.2, 0) is 20.7 Å². The van der Waals surface area contributed by atoms with Gasteiger partial charge >= 0.3 is 5.97 Å². The van der Waals surface area contributed by atoms with Gasteiger partial charge in [0.2, 0.25) is 5.91 Å². The van der Waals surface area contributed by atoms with Gasteiger partial charge in [0, 0.05) is 12.0 Å². The molecule has 0 spiro atoms. The first-order valence-electron chi connectivity index (χ1n) is 8.68. The molecule has 0 radical (unpaired) electrons. The Bertz CT molecular complexity index is 654. The van der Waals surface area contributed by atoms with Gasteiger partial charge in [0.15, 0.2) is 0 Å². The summed E-state index contributed by atoms with van der Waals surface area (Å²) >= 11 is 0. The van der Waals surface area contributed by atoms with Crippen LogP contribution < -0.4 is 5.32 Å². The van der Waals surface area contributed by atoms with E-state index in [0.29, 0.717) is 6.61 Å². The number of esters is 1. The largest absolute Gasteiger partial charge is 0.466 e. The number of hydrogen-bond donors (Lipinski definition) is 1. The Morgan fingerprint density at radius 3 is 2.62 bits per heavy atom. The first-order chi connectivity index (χ1) is 11.5. The minimum atomic E-state index is -0.700. The maximum absolute atomic E-state index is 12.8. The molecule has 4 heteroatoms. The summed E-state index contributed by atoms with van der Waals surface area (Å²) in [6.07, 6.45) is 4.68. The highest BCUT2D eigenvalue weighted by molar-refractivity contribution is 5.87. The summed E-state index contributed by atoms with van der Waals surface area (Å²) in [5, 5.41) is 3.12. The zero-order chi connectivity index (χ0) is 17.3. The molecule has 0 bridgehead atoms. The summed E-state index contributed by atoms with van der Waals surface area (Å²) in [5.74, 6) is -0.511. The van der Waals surface area contributed by atoms with E-state index in [1.165, 1.54) is 0 Å². The van der Waals surface area contributed by atoms with Crippen molar-refractivity contribution in [2.75, 3.05) is 6.61 Å². The summed E-state index contributed by atoms with van der Waals surface area (Å²) in [6, 6.07) is 10.0. The highest BCUT2D eigenvalue weighted by Crippen LogP contribution is 2.50. The Morgan fingerprint density at radius 1 is 1.25 bits per heavy atom. The summed E-state index contributed by atoms with van der Waals surface area (Å²) in [4.78, 5) is 25.3. The lowest BCUT2D eigenvalue weighted by Crippen LogP contribution is -2.50. The zero-order valence-corrected chi connectivity index (χ0v) is 14.5. The molecular formula is C20H25NO3. The number of amides is 1. The molecule has 1 N–H and O–H groups in total. The van der Waals surface area contributed by atoms with Crippen molar-refractivity contribution in [2.24, 2.45) is 23.2 Å². The molecule has 128 valence electrons. The molecule has 0 aromatic heterocycles. The van der Waals surface area contributed by atoms with Gasteiger partial charge in [0.05, 0.1) is 17.9 Å². The quantitative estimate of drug-likeness (QED) is 0.683. The van der Waals surface area contributed by atoms with Crippen LogP contribution in [0.4, 0.5) is 0 Å². The van der Waals surface area contributed by atoms with E-state index in [4.69, 9.17) is 4.74 Å². The van der Waals surface area contributed by atoms with Crippen molar-refractivity contribution >= 4 is 11.9 Å². The second-order valence-corrected chi connectivity index (χ2v) is 7.03. The molecule has 1 aliphatic carbocycles. The van der Waals surface area contributed by atoms with Crippen molar-refractivity contribution in [2.45, 2.75) is 33.2 Å². The molecule has 1 aromatic rings. The van der Waals surface area contributed by atoms with Crippen molar-refractivity contribution in [3.05, 3.63) is 48.0 Å². The maximum Gasteiger partial charge on any atom is 0.312 e. The Hall–Kier alpha value is -2.10. The van der Waals surface area contributed by atoms with Gasteiger partial charge in [0.25, 0.3) is 0 Å². The molecule has 2 aliphatic rings. The van der Waals surface area contributed by atoms with E-state index in [2.05, 4.69) is 17.4 Å². The first kappa shape index (κ1) is 16.7. The van der Waals surface area contributed by atoms with Crippen LogP contribution in [0.3, 0.4) is 0 Å². The average molecular weight is 327 g/mol. The Kier molecular flexibility index (Phi) is 4.48. The molecule has 1 aromatic carbocycles. The number of allylic oxidation sites excluding steroid dienone is 1. The number of ether oxygens (including phenoxy) is 1. The Balaban J connectivity index is 1.96. The molecule has 24 heavy (non-hydrogen) atoms. The SMILES string of the molecule is CCOC(=O)[C@]1(C)[C@H]2[C@H](Cc3ccccc3)NC(=O)[C@H]2C=C[C@H]1C. The monoisotopic (exact) mass is 327 g/mol. The van der Waals surface area contributed by atoms with Crippen molar-refractivity contribution in [1.29, 1.82) is 0 Å². The molecule has 0 unspecified atom stereocenters. The lowest BCUT2D eigenvalue weighted by Gasteiger charge is -2.43. The van der Waals surface area contributed by atoms with E-state index in [1.807, 2.05) is 51.1 Å². The lowest BCUT2D eigenvalue weighted by molar-refractivity contribution is -0.162. The van der Waals surface area contributed by atoms with Crippen LogP contribution in [0, 0.1) is 23.2 Å². The second-order valence-electron chi connectivity index (χ2n) is 7.03. The fourth-order valence-corrected chi connectivity index (χ4v) is 4.22. The smallest absolute Gasteiger partial charge is 0.312 e. The number of benzene rings is 1. The van der Waals surface area contributed by atoms with Gasteiger partial charge in [-0.25, -0.2) is 0 Å². The molecule has 1 aliphatic heterocycles. The lowest BCUT2D eigenvalue weighted by atomic mass is 9.59. The van der Waals surface area contributed by atoms with E-state index < -0.39 is 5.41 Å². The standard InChI is InChI=1S/C20H25NO3/c1-4-24-19(23)20(3)13(2)10-11-15-17(20)16(21-18(15)22)12-14-8-6-5-7-9-14/h5-11,13,15-17H,4,12H2,1-3H3,(H,21,22)/t13-,15+,16+,17-,20+/m1/s1. The molecule has 1 fully saturated rings. The molecule has 0 saturated carbocycles. The fraction of sp³-hybridized carbons (Fsp3) is 0.500. The van der Waals surface area contributed by atoms with E-state index in [9.17, 15) is 9.59 Å². The van der Waals surface area contributed by atoms with Gasteiger partial charge in [-0.05, 0) is 31.7 Å². The Labute approximate surface area is 143 Å². The van der Waals surface area contributed by atoms with Crippen LogP contribution in [0.15, 0.2) is 42.5 Å². The van der Waals surface area contributed by atoms with Gasteiger partial charge in [-0.1, -0.05) is 49.4 Å². The van der Waals surface area contributed by atoms with E-state index in [-0.39, 0.29) is 35.7 Å². The van der Waals surface area contributed by atoms with Crippen LogP contribution in [-0.4, -0.2) is 24.5 Å². The molecule has 1 saturated heterocycles. The van der Waals surface area contributed by atoms with Crippen LogP contribution in [0.1, 0.15) is 26.3 Å². The predicted octanol–water partition coefficient (Wildman–Crippen LogP) is 2.74. The Morgan fingerprint density at radius 2 is 1.96 bits per heavy atom. The number of fused-ring (bicyclic) bond motifs is 1. The van der Waals surface area contributed by atoms with Crippen LogP contribution in [0.5, 0.6) is 0 Å². The maximum atomic E-state index is 12.8. The highest BCUT2D eigenvalue weighted by atomic mass is 16.5. The van der Waals surface area contributed by atoms with Crippen molar-refractivity contribution in [3.63, 3.8) is 0 Å². The molecule has 3 rings (SSSR count). The summed E-state index contributed by atoms with van der Waals surface area (Å²) < 4.78 is 5.38. The number of carbonyl (C=O) groups excluding carboxylic acids is 2. The number of nitrogens with one attached hydrogen (secondary N) is 1. The molecule has 4 nitrogen and oxygen atoms in total. The number of carbonyl (C=O) groups is 2. The zero-order valence-electron chi connectivity index (χ0n) is 14.5. The van der Waals surface area contributed by atoms with Gasteiger partial charge < -0.3 is 10.1 Å². The van der Waals surface area contributed by atoms with Crippen LogP contribution in [0.2, 0.25) is 0 Å². The molecule has 5 atom stereocenters. The van der Waals surface area contributed by atoms with E-state index in [1.54, 1.807) is 0 Å². The number of hydrogen-bond acceptors (Lipinski definition) is 3. The van der Waals surface area contributed by atoms with Crippen LogP contribution >= 0.6 is 0 Å². The summed E-state index contributed by atoms with van der Waals surface area (Å²) in [7, 11) is 0. The molecule has 1 amide bonds. The minimum Gasteiger partial charge on any atom is -0.466 e. The third kappa shape index (κ3) is 2.64. The first-order valence-corrected chi connectivity index (χ1v) is 8.68. The fourth-order valence-electron chi connectivity index (χ4n) is 4.22. The minimum absolute atomic E-state index is 0.0135. The normalized spacial score (nSPS) is 34.5.